The summed E-state index contributed by atoms with van der Waals surface area (Å²) in [6.07, 6.45) is 2.49. The van der Waals surface area contributed by atoms with Crippen LogP contribution in [-0.2, 0) is 19.9 Å². The molecule has 1 heterocycles. The molecular formula is C14H15ClN2O. The van der Waals surface area contributed by atoms with Crippen LogP contribution >= 0.6 is 11.6 Å². The first-order valence-electron chi connectivity index (χ1n) is 5.83. The van der Waals surface area contributed by atoms with Gasteiger partial charge in [-0.2, -0.15) is 0 Å². The van der Waals surface area contributed by atoms with E-state index < -0.39 is 0 Å². The molecule has 0 spiro atoms. The second-order valence-electron chi connectivity index (χ2n) is 4.29. The second kappa shape index (κ2) is 5.36. The highest BCUT2D eigenvalue weighted by molar-refractivity contribution is 6.30. The van der Waals surface area contributed by atoms with E-state index in [4.69, 9.17) is 11.6 Å². The number of aromatic nitrogens is 2. The molecule has 0 aliphatic carbocycles. The summed E-state index contributed by atoms with van der Waals surface area (Å²) in [7, 11) is 1.86. The van der Waals surface area contributed by atoms with E-state index in [2.05, 4.69) is 4.98 Å². The lowest BCUT2D eigenvalue weighted by Gasteiger charge is -2.01. The van der Waals surface area contributed by atoms with Crippen LogP contribution in [0, 0.1) is 6.92 Å². The fourth-order valence-corrected chi connectivity index (χ4v) is 2.07. The first-order valence-corrected chi connectivity index (χ1v) is 6.21. The minimum atomic E-state index is 0.668. The van der Waals surface area contributed by atoms with Gasteiger partial charge in [0.1, 0.15) is 11.5 Å². The van der Waals surface area contributed by atoms with Gasteiger partial charge in [-0.1, -0.05) is 23.7 Å². The highest BCUT2D eigenvalue weighted by atomic mass is 35.5. The minimum absolute atomic E-state index is 0.668. The third-order valence-corrected chi connectivity index (χ3v) is 3.37. The Kier molecular flexibility index (Phi) is 3.82. The van der Waals surface area contributed by atoms with Crippen LogP contribution in [0.5, 0.6) is 0 Å². The van der Waals surface area contributed by atoms with Gasteiger partial charge in [-0.3, -0.25) is 4.79 Å². The van der Waals surface area contributed by atoms with Crippen LogP contribution in [-0.4, -0.2) is 15.8 Å². The molecule has 0 atom stereocenters. The normalized spacial score (nSPS) is 10.6. The molecule has 0 fully saturated rings. The van der Waals surface area contributed by atoms with Gasteiger partial charge >= 0.3 is 0 Å². The molecule has 0 radical (unpaired) electrons. The highest BCUT2D eigenvalue weighted by Gasteiger charge is 2.11. The van der Waals surface area contributed by atoms with E-state index in [1.165, 1.54) is 5.56 Å². The molecule has 4 heteroatoms. The van der Waals surface area contributed by atoms with Gasteiger partial charge < -0.3 is 4.57 Å². The predicted molar refractivity (Wildman–Crippen MR) is 72.2 cm³/mol. The van der Waals surface area contributed by atoms with Crippen molar-refractivity contribution in [2.24, 2.45) is 7.05 Å². The number of halogens is 1. The summed E-state index contributed by atoms with van der Waals surface area (Å²) in [4.78, 5) is 15.5. The summed E-state index contributed by atoms with van der Waals surface area (Å²) >= 11 is 5.84. The Morgan fingerprint density at radius 2 is 1.94 bits per heavy atom. The number of rotatable bonds is 4. The van der Waals surface area contributed by atoms with Crippen LogP contribution < -0.4 is 0 Å². The van der Waals surface area contributed by atoms with Crippen molar-refractivity contribution in [1.82, 2.24) is 9.55 Å². The number of imidazole rings is 1. The molecule has 2 aromatic rings. The van der Waals surface area contributed by atoms with Crippen molar-refractivity contribution in [2.45, 2.75) is 19.8 Å². The van der Waals surface area contributed by atoms with E-state index in [1.807, 2.05) is 42.8 Å². The Balaban J connectivity index is 2.13. The Labute approximate surface area is 111 Å². The molecule has 0 bridgehead atoms. The van der Waals surface area contributed by atoms with E-state index in [1.54, 1.807) is 0 Å². The van der Waals surface area contributed by atoms with Crippen molar-refractivity contribution in [2.75, 3.05) is 0 Å². The predicted octanol–water partition coefficient (Wildman–Crippen LogP) is 2.98. The molecule has 1 aromatic carbocycles. The number of carbonyl (C=O) groups is 1. The maximum absolute atomic E-state index is 11.0. The minimum Gasteiger partial charge on any atom is -0.329 e. The third-order valence-electron chi connectivity index (χ3n) is 3.11. The lowest BCUT2D eigenvalue weighted by atomic mass is 10.1. The van der Waals surface area contributed by atoms with Gasteiger partial charge in [0.15, 0.2) is 6.29 Å². The fraction of sp³-hybridized carbons (Fsp3) is 0.286. The average Bonchev–Trinajstić information content (AvgIpc) is 2.64. The number of benzene rings is 1. The van der Waals surface area contributed by atoms with Crippen LogP contribution in [0.15, 0.2) is 24.3 Å². The number of aldehydes is 1. The molecule has 0 aliphatic heterocycles. The van der Waals surface area contributed by atoms with Crippen molar-refractivity contribution in [1.29, 1.82) is 0 Å². The van der Waals surface area contributed by atoms with Gasteiger partial charge in [0, 0.05) is 12.1 Å². The van der Waals surface area contributed by atoms with Crippen LogP contribution in [0.1, 0.15) is 27.6 Å². The van der Waals surface area contributed by atoms with Gasteiger partial charge in [-0.25, -0.2) is 4.98 Å². The summed E-state index contributed by atoms with van der Waals surface area (Å²) in [6, 6.07) is 7.75. The lowest BCUT2D eigenvalue weighted by molar-refractivity contribution is 0.111. The van der Waals surface area contributed by atoms with E-state index in [0.29, 0.717) is 5.69 Å². The zero-order chi connectivity index (χ0) is 13.1. The quantitative estimate of drug-likeness (QED) is 0.794. The molecule has 0 unspecified atom stereocenters. The molecule has 0 N–H and O–H groups in total. The number of carbonyl (C=O) groups excluding carboxylic acids is 1. The van der Waals surface area contributed by atoms with Crippen molar-refractivity contribution < 1.29 is 4.79 Å². The molecule has 2 rings (SSSR count). The Morgan fingerprint density at radius 3 is 2.56 bits per heavy atom. The average molecular weight is 263 g/mol. The first kappa shape index (κ1) is 12.8. The number of hydrogen-bond donors (Lipinski definition) is 0. The summed E-state index contributed by atoms with van der Waals surface area (Å²) < 4.78 is 1.82. The fourth-order valence-electron chi connectivity index (χ4n) is 1.94. The lowest BCUT2D eigenvalue weighted by Crippen LogP contribution is -2.00. The van der Waals surface area contributed by atoms with Crippen LogP contribution in [0.2, 0.25) is 5.02 Å². The molecule has 3 nitrogen and oxygen atoms in total. The zero-order valence-electron chi connectivity index (χ0n) is 10.5. The maximum atomic E-state index is 11.0. The van der Waals surface area contributed by atoms with E-state index >= 15 is 0 Å². The molecular weight excluding hydrogens is 248 g/mol. The molecule has 18 heavy (non-hydrogen) atoms. The SMILES string of the molecule is Cc1nc(CCc2ccc(Cl)cc2)c(C=O)n1C. The summed E-state index contributed by atoms with van der Waals surface area (Å²) in [5.41, 5.74) is 2.72. The van der Waals surface area contributed by atoms with Crippen molar-refractivity contribution >= 4 is 17.9 Å². The second-order valence-corrected chi connectivity index (χ2v) is 4.73. The molecule has 0 saturated carbocycles. The van der Waals surface area contributed by atoms with Crippen molar-refractivity contribution in [3.8, 4) is 0 Å². The van der Waals surface area contributed by atoms with Crippen LogP contribution in [0.25, 0.3) is 0 Å². The molecule has 1 aromatic heterocycles. The molecule has 94 valence electrons. The maximum Gasteiger partial charge on any atom is 0.168 e. The smallest absolute Gasteiger partial charge is 0.168 e. The van der Waals surface area contributed by atoms with Gasteiger partial charge in [0.05, 0.1) is 5.69 Å². The van der Waals surface area contributed by atoms with Gasteiger partial charge in [-0.15, -0.1) is 0 Å². The summed E-state index contributed by atoms with van der Waals surface area (Å²) in [5, 5.41) is 0.737. The molecule has 0 aliphatic rings. The molecule has 0 amide bonds. The van der Waals surface area contributed by atoms with Crippen LogP contribution in [0.4, 0.5) is 0 Å². The molecule has 0 saturated heterocycles. The standard InChI is InChI=1S/C14H15ClN2O/c1-10-16-13(14(9-18)17(10)2)8-5-11-3-6-12(15)7-4-11/h3-4,6-7,9H,5,8H2,1-2H3. The van der Waals surface area contributed by atoms with E-state index in [9.17, 15) is 4.79 Å². The van der Waals surface area contributed by atoms with E-state index in [0.717, 1.165) is 35.7 Å². The Bertz CT molecular complexity index is 558. The summed E-state index contributed by atoms with van der Waals surface area (Å²) in [5.74, 6) is 0.864. The van der Waals surface area contributed by atoms with Crippen molar-refractivity contribution in [3.63, 3.8) is 0 Å². The van der Waals surface area contributed by atoms with Gasteiger partial charge in [-0.05, 0) is 37.5 Å². The number of aryl methyl sites for hydroxylation is 3. The Morgan fingerprint density at radius 1 is 1.28 bits per heavy atom. The van der Waals surface area contributed by atoms with Crippen LogP contribution in [0.3, 0.4) is 0 Å². The first-order chi connectivity index (χ1) is 8.61. The highest BCUT2D eigenvalue weighted by Crippen LogP contribution is 2.14. The Hall–Kier alpha value is -1.61. The monoisotopic (exact) mass is 262 g/mol. The number of hydrogen-bond acceptors (Lipinski definition) is 2. The number of nitrogens with zero attached hydrogens (tertiary/aromatic N) is 2. The largest absolute Gasteiger partial charge is 0.329 e. The van der Waals surface area contributed by atoms with Gasteiger partial charge in [0.2, 0.25) is 0 Å². The van der Waals surface area contributed by atoms with E-state index in [-0.39, 0.29) is 0 Å². The van der Waals surface area contributed by atoms with Crippen molar-refractivity contribution in [3.05, 3.63) is 52.1 Å². The van der Waals surface area contributed by atoms with Gasteiger partial charge in [0.25, 0.3) is 0 Å². The zero-order valence-corrected chi connectivity index (χ0v) is 11.2. The third kappa shape index (κ3) is 2.62. The topological polar surface area (TPSA) is 34.9 Å². The summed E-state index contributed by atoms with van der Waals surface area (Å²) in [6.45, 7) is 1.90.